The second-order valence-electron chi connectivity index (χ2n) is 14.1. The molecule has 0 spiro atoms. The van der Waals surface area contributed by atoms with Crippen molar-refractivity contribution in [2.75, 3.05) is 0 Å². The molecule has 0 N–H and O–H groups in total. The van der Waals surface area contributed by atoms with Crippen molar-refractivity contribution in [1.82, 2.24) is 14.5 Å². The number of fused-ring (bicyclic) bond motifs is 8. The molecule has 0 amide bonds. The van der Waals surface area contributed by atoms with E-state index < -0.39 is 0 Å². The molecule has 9 aromatic rings. The smallest absolute Gasteiger partial charge is 0.160 e. The van der Waals surface area contributed by atoms with Crippen molar-refractivity contribution < 1.29 is 0 Å². The predicted octanol–water partition coefficient (Wildman–Crippen LogP) is 11.9. The Hall–Kier alpha value is -6.83. The van der Waals surface area contributed by atoms with Crippen molar-refractivity contribution in [3.8, 4) is 56.7 Å². The van der Waals surface area contributed by atoms with E-state index in [0.717, 1.165) is 55.6 Å². The van der Waals surface area contributed by atoms with E-state index in [1.54, 1.807) is 0 Å². The second-order valence-corrected chi connectivity index (χ2v) is 14.1. The molecule has 2 heterocycles. The van der Waals surface area contributed by atoms with E-state index in [0.29, 0.717) is 11.4 Å². The fraction of sp³-hybridized carbons (Fsp3) is 0.0625. The maximum absolute atomic E-state index is 9.56. The quantitative estimate of drug-likeness (QED) is 0.188. The van der Waals surface area contributed by atoms with Crippen LogP contribution in [0.4, 0.5) is 0 Å². The number of nitriles is 1. The Morgan fingerprint density at radius 3 is 2.10 bits per heavy atom. The molecule has 1 aliphatic rings. The van der Waals surface area contributed by atoms with Gasteiger partial charge in [-0.25, -0.2) is 9.97 Å². The average molecular weight is 665 g/mol. The lowest BCUT2D eigenvalue weighted by atomic mass is 9.82. The van der Waals surface area contributed by atoms with Gasteiger partial charge in [0, 0.05) is 38.4 Å². The van der Waals surface area contributed by atoms with Crippen molar-refractivity contribution in [1.29, 1.82) is 5.26 Å². The molecule has 7 aromatic carbocycles. The molecule has 0 radical (unpaired) electrons. The third-order valence-electron chi connectivity index (χ3n) is 10.8. The maximum atomic E-state index is 9.56. The number of benzene rings is 7. The lowest BCUT2D eigenvalue weighted by Gasteiger charge is -2.21. The molecule has 0 saturated heterocycles. The summed E-state index contributed by atoms with van der Waals surface area (Å²) in [5.74, 6) is 0.659. The molecule has 0 saturated carbocycles. The van der Waals surface area contributed by atoms with Crippen LogP contribution in [0.5, 0.6) is 0 Å². The summed E-state index contributed by atoms with van der Waals surface area (Å²) in [7, 11) is 0. The summed E-state index contributed by atoms with van der Waals surface area (Å²) >= 11 is 0. The highest BCUT2D eigenvalue weighted by molar-refractivity contribution is 6.18. The topological polar surface area (TPSA) is 54.5 Å². The van der Waals surface area contributed by atoms with Crippen LogP contribution in [0.3, 0.4) is 0 Å². The van der Waals surface area contributed by atoms with Gasteiger partial charge in [0.25, 0.3) is 0 Å². The zero-order valence-corrected chi connectivity index (χ0v) is 28.8. The van der Waals surface area contributed by atoms with E-state index in [1.165, 1.54) is 33.0 Å². The molecule has 0 aliphatic heterocycles. The third-order valence-corrected chi connectivity index (χ3v) is 10.8. The molecular formula is C48H32N4. The Balaban J connectivity index is 1.28. The lowest BCUT2D eigenvalue weighted by Crippen LogP contribution is -2.14. The van der Waals surface area contributed by atoms with Gasteiger partial charge in [0.2, 0.25) is 0 Å². The van der Waals surface area contributed by atoms with E-state index in [9.17, 15) is 5.26 Å². The minimum Gasteiger partial charge on any atom is -0.309 e. The zero-order chi connectivity index (χ0) is 35.0. The highest BCUT2D eigenvalue weighted by atomic mass is 15.0. The van der Waals surface area contributed by atoms with Gasteiger partial charge in [-0.05, 0) is 81.9 Å². The van der Waals surface area contributed by atoms with Crippen LogP contribution in [0.1, 0.15) is 30.5 Å². The molecule has 1 aliphatic carbocycles. The summed E-state index contributed by atoms with van der Waals surface area (Å²) in [6.45, 7) is 4.67. The number of aromatic nitrogens is 3. The molecule has 0 atom stereocenters. The van der Waals surface area contributed by atoms with Crippen molar-refractivity contribution in [3.63, 3.8) is 0 Å². The lowest BCUT2D eigenvalue weighted by molar-refractivity contribution is 0.661. The second kappa shape index (κ2) is 11.3. The minimum absolute atomic E-state index is 0.101. The van der Waals surface area contributed by atoms with Gasteiger partial charge in [0.1, 0.15) is 0 Å². The Labute approximate surface area is 301 Å². The van der Waals surface area contributed by atoms with Gasteiger partial charge in [-0.2, -0.15) is 5.26 Å². The van der Waals surface area contributed by atoms with Gasteiger partial charge < -0.3 is 4.57 Å². The normalized spacial score (nSPS) is 12.9. The van der Waals surface area contributed by atoms with Crippen LogP contribution in [-0.2, 0) is 5.41 Å². The number of hydrogen-bond donors (Lipinski definition) is 0. The van der Waals surface area contributed by atoms with Crippen molar-refractivity contribution >= 4 is 32.7 Å². The molecular weight excluding hydrogens is 633 g/mol. The molecule has 0 bridgehead atoms. The molecule has 52 heavy (non-hydrogen) atoms. The molecule has 0 fully saturated rings. The first-order chi connectivity index (χ1) is 25.5. The summed E-state index contributed by atoms with van der Waals surface area (Å²) in [6.07, 6.45) is 0. The summed E-state index contributed by atoms with van der Waals surface area (Å²) < 4.78 is 2.40. The Bertz CT molecular complexity index is 2930. The number of para-hydroxylation sites is 2. The van der Waals surface area contributed by atoms with Gasteiger partial charge in [-0.15, -0.1) is 0 Å². The monoisotopic (exact) mass is 664 g/mol. The highest BCUT2D eigenvalue weighted by Crippen LogP contribution is 2.53. The van der Waals surface area contributed by atoms with Gasteiger partial charge in [0.05, 0.1) is 33.9 Å². The standard InChI is InChI=1S/C48H32N4/c1-48(2)39-17-9-6-14-36(39)44-40(48)24-25-43-45(44)38-16-8-11-19-42(38)52(43)35-27-33(31-22-20-30(29-49)21-23-31)26-34(28-35)47-50-41-18-10-7-15-37(41)46(51-47)32-12-4-3-5-13-32/h3-28H,1-2H3. The summed E-state index contributed by atoms with van der Waals surface area (Å²) in [5, 5.41) is 13.1. The largest absolute Gasteiger partial charge is 0.309 e. The van der Waals surface area contributed by atoms with Gasteiger partial charge in [0.15, 0.2) is 5.82 Å². The molecule has 4 nitrogen and oxygen atoms in total. The van der Waals surface area contributed by atoms with E-state index in [-0.39, 0.29) is 5.41 Å². The SMILES string of the molecule is CC1(C)c2ccccc2-c2c1ccc1c2c2ccccc2n1-c1cc(-c2ccc(C#N)cc2)cc(-c2nc(-c3ccccc3)c3ccccc3n2)c1. The van der Waals surface area contributed by atoms with Crippen LogP contribution in [0.2, 0.25) is 0 Å². The van der Waals surface area contributed by atoms with E-state index >= 15 is 0 Å². The number of rotatable bonds is 4. The third kappa shape index (κ3) is 4.46. The Kier molecular flexibility index (Phi) is 6.55. The first-order valence-electron chi connectivity index (χ1n) is 17.6. The van der Waals surface area contributed by atoms with Crippen LogP contribution in [0.25, 0.3) is 83.3 Å². The van der Waals surface area contributed by atoms with E-state index in [1.807, 2.05) is 54.6 Å². The fourth-order valence-corrected chi connectivity index (χ4v) is 8.33. The molecule has 4 heteroatoms. The van der Waals surface area contributed by atoms with Crippen LogP contribution >= 0.6 is 0 Å². The zero-order valence-electron chi connectivity index (χ0n) is 28.8. The predicted molar refractivity (Wildman–Crippen MR) is 212 cm³/mol. The van der Waals surface area contributed by atoms with Crippen LogP contribution in [-0.4, -0.2) is 14.5 Å². The molecule has 0 unspecified atom stereocenters. The maximum Gasteiger partial charge on any atom is 0.160 e. The Morgan fingerprint density at radius 2 is 1.27 bits per heavy atom. The molecule has 10 rings (SSSR count). The summed E-state index contributed by atoms with van der Waals surface area (Å²) in [5.41, 5.74) is 15.0. The Morgan fingerprint density at radius 1 is 0.558 bits per heavy atom. The van der Waals surface area contributed by atoms with Gasteiger partial charge in [-0.1, -0.05) is 123 Å². The van der Waals surface area contributed by atoms with Crippen molar-refractivity contribution in [2.24, 2.45) is 0 Å². The van der Waals surface area contributed by atoms with Crippen molar-refractivity contribution in [3.05, 3.63) is 174 Å². The minimum atomic E-state index is -0.101. The first kappa shape index (κ1) is 30.0. The van der Waals surface area contributed by atoms with Gasteiger partial charge >= 0.3 is 0 Å². The van der Waals surface area contributed by atoms with Crippen LogP contribution in [0.15, 0.2) is 158 Å². The summed E-state index contributed by atoms with van der Waals surface area (Å²) in [4.78, 5) is 10.4. The molecule has 244 valence electrons. The average Bonchev–Trinajstić information content (AvgIpc) is 3.66. The van der Waals surface area contributed by atoms with Crippen LogP contribution < -0.4 is 0 Å². The van der Waals surface area contributed by atoms with Crippen molar-refractivity contribution in [2.45, 2.75) is 19.3 Å². The first-order valence-corrected chi connectivity index (χ1v) is 17.6. The fourth-order valence-electron chi connectivity index (χ4n) is 8.33. The number of hydrogen-bond acceptors (Lipinski definition) is 3. The number of nitrogens with zero attached hydrogens (tertiary/aromatic N) is 4. The summed E-state index contributed by atoms with van der Waals surface area (Å²) in [6, 6.07) is 57.5. The van der Waals surface area contributed by atoms with E-state index in [2.05, 4.69) is 128 Å². The molecule has 2 aromatic heterocycles. The van der Waals surface area contributed by atoms with E-state index in [4.69, 9.17) is 9.97 Å². The van der Waals surface area contributed by atoms with Crippen LogP contribution in [0, 0.1) is 11.3 Å². The highest BCUT2D eigenvalue weighted by Gasteiger charge is 2.37. The van der Waals surface area contributed by atoms with Gasteiger partial charge in [-0.3, -0.25) is 0 Å².